The van der Waals surface area contributed by atoms with Crippen LogP contribution in [0.25, 0.3) is 10.9 Å². The number of aromatic amines is 2. The van der Waals surface area contributed by atoms with E-state index in [4.69, 9.17) is 10.8 Å². The highest BCUT2D eigenvalue weighted by atomic mass is 16.4. The van der Waals surface area contributed by atoms with Crippen LogP contribution < -0.4 is 21.7 Å². The fourth-order valence-corrected chi connectivity index (χ4v) is 4.03. The Kier molecular flexibility index (Phi) is 9.94. The van der Waals surface area contributed by atoms with Crippen LogP contribution in [0.3, 0.4) is 0 Å². The Hall–Kier alpha value is -4.76. The first-order valence-corrected chi connectivity index (χ1v) is 12.3. The van der Waals surface area contributed by atoms with Gasteiger partial charge in [0.1, 0.15) is 18.1 Å². The molecule has 0 radical (unpaired) electrons. The molecule has 0 aliphatic heterocycles. The van der Waals surface area contributed by atoms with Gasteiger partial charge in [0.2, 0.25) is 17.7 Å². The molecule has 3 amide bonds. The number of nitrogens with two attached hydrogens (primary N) is 1. The zero-order valence-corrected chi connectivity index (χ0v) is 21.5. The molecule has 1 aromatic carbocycles. The Morgan fingerprint density at radius 1 is 0.950 bits per heavy atom. The number of carboxylic acids is 2. The topological polar surface area (TPSA) is 253 Å². The van der Waals surface area contributed by atoms with E-state index >= 15 is 0 Å². The second-order valence-electron chi connectivity index (χ2n) is 9.24. The van der Waals surface area contributed by atoms with Crippen LogP contribution in [0.5, 0.6) is 0 Å². The van der Waals surface area contributed by atoms with Crippen LogP contribution in [0.1, 0.15) is 24.6 Å². The summed E-state index contributed by atoms with van der Waals surface area (Å²) in [4.78, 5) is 71.3. The molecule has 3 aromatic rings. The number of hydrogen-bond donors (Lipinski definition) is 9. The molecule has 2 heterocycles. The van der Waals surface area contributed by atoms with Crippen molar-refractivity contribution in [3.05, 3.63) is 54.2 Å². The first-order valence-electron chi connectivity index (χ1n) is 12.3. The highest BCUT2D eigenvalue weighted by molar-refractivity contribution is 5.95. The van der Waals surface area contributed by atoms with Crippen molar-refractivity contribution in [1.82, 2.24) is 30.9 Å². The molecule has 0 aliphatic rings. The van der Waals surface area contributed by atoms with Crippen LogP contribution in [-0.4, -0.2) is 90.2 Å². The molecule has 0 saturated heterocycles. The molecule has 5 unspecified atom stereocenters. The lowest BCUT2D eigenvalue weighted by atomic mass is 10.0. The highest BCUT2D eigenvalue weighted by Crippen LogP contribution is 2.19. The minimum Gasteiger partial charge on any atom is -0.481 e. The van der Waals surface area contributed by atoms with E-state index in [1.807, 2.05) is 18.2 Å². The number of aromatic nitrogens is 3. The summed E-state index contributed by atoms with van der Waals surface area (Å²) in [6, 6.07) is 1.49. The van der Waals surface area contributed by atoms with Gasteiger partial charge < -0.3 is 47.0 Å². The van der Waals surface area contributed by atoms with Gasteiger partial charge in [-0.1, -0.05) is 18.2 Å². The van der Waals surface area contributed by atoms with Gasteiger partial charge in [-0.2, -0.15) is 0 Å². The monoisotopic (exact) mass is 557 g/mol. The van der Waals surface area contributed by atoms with E-state index < -0.39 is 66.4 Å². The maximum atomic E-state index is 13.3. The maximum absolute atomic E-state index is 13.3. The van der Waals surface area contributed by atoms with Crippen LogP contribution in [0.2, 0.25) is 0 Å². The average molecular weight is 558 g/mol. The van der Waals surface area contributed by atoms with E-state index in [-0.39, 0.29) is 12.8 Å². The van der Waals surface area contributed by atoms with Gasteiger partial charge in [-0.05, 0) is 18.6 Å². The van der Waals surface area contributed by atoms with Gasteiger partial charge in [-0.15, -0.1) is 0 Å². The van der Waals surface area contributed by atoms with Crippen LogP contribution in [0.15, 0.2) is 43.0 Å². The van der Waals surface area contributed by atoms with Crippen molar-refractivity contribution in [2.75, 3.05) is 0 Å². The quantitative estimate of drug-likeness (QED) is 0.110. The zero-order chi connectivity index (χ0) is 29.4. The molecule has 0 spiro atoms. The summed E-state index contributed by atoms with van der Waals surface area (Å²) in [5.74, 6) is -5.45. The third kappa shape index (κ3) is 7.87. The number of para-hydroxylation sites is 1. The van der Waals surface area contributed by atoms with Gasteiger partial charge in [0.25, 0.3) is 0 Å². The number of aliphatic hydroxyl groups excluding tert-OH is 1. The number of hydrogen-bond acceptors (Lipinski definition) is 8. The summed E-state index contributed by atoms with van der Waals surface area (Å²) in [5, 5.41) is 36.7. The van der Waals surface area contributed by atoms with Crippen LogP contribution in [0.4, 0.5) is 0 Å². The second-order valence-corrected chi connectivity index (χ2v) is 9.24. The molecule has 3 rings (SSSR count). The van der Waals surface area contributed by atoms with Crippen LogP contribution in [0, 0.1) is 0 Å². The van der Waals surface area contributed by atoms with E-state index in [0.717, 1.165) is 10.9 Å². The first-order chi connectivity index (χ1) is 19.0. The third-order valence-electron chi connectivity index (χ3n) is 6.12. The minimum atomic E-state index is -1.59. The Morgan fingerprint density at radius 2 is 1.65 bits per heavy atom. The fourth-order valence-electron chi connectivity index (χ4n) is 4.03. The summed E-state index contributed by atoms with van der Waals surface area (Å²) in [6.07, 6.45) is 2.07. The predicted octanol–water partition coefficient (Wildman–Crippen LogP) is -1.60. The molecule has 15 heteroatoms. The molecule has 214 valence electrons. The molecule has 15 nitrogen and oxygen atoms in total. The number of carbonyl (C=O) groups excluding carboxylic acids is 3. The smallest absolute Gasteiger partial charge is 0.326 e. The van der Waals surface area contributed by atoms with E-state index in [0.29, 0.717) is 11.3 Å². The molecule has 2 aromatic heterocycles. The second kappa shape index (κ2) is 13.3. The van der Waals surface area contributed by atoms with Crippen molar-refractivity contribution in [1.29, 1.82) is 0 Å². The van der Waals surface area contributed by atoms with Crippen molar-refractivity contribution < 1.29 is 39.3 Å². The van der Waals surface area contributed by atoms with Crippen molar-refractivity contribution in [3.8, 4) is 0 Å². The van der Waals surface area contributed by atoms with Crippen molar-refractivity contribution >= 4 is 40.6 Å². The molecule has 0 saturated carbocycles. The Morgan fingerprint density at radius 3 is 2.27 bits per heavy atom. The molecule has 0 fully saturated rings. The molecule has 40 heavy (non-hydrogen) atoms. The lowest BCUT2D eigenvalue weighted by Gasteiger charge is -2.26. The zero-order valence-electron chi connectivity index (χ0n) is 21.5. The van der Waals surface area contributed by atoms with Crippen molar-refractivity contribution in [3.63, 3.8) is 0 Å². The number of H-pyrrole nitrogens is 2. The molecule has 0 bridgehead atoms. The molecule has 10 N–H and O–H groups in total. The SMILES string of the molecule is CC(O)C(NC(=O)C(N)CC(=O)O)C(=O)NC(Cc1cnc[nH]1)C(=O)NC(Cc1c[nH]c2ccccc12)C(=O)O. The third-order valence-corrected chi connectivity index (χ3v) is 6.12. The van der Waals surface area contributed by atoms with Gasteiger partial charge in [-0.3, -0.25) is 19.2 Å². The van der Waals surface area contributed by atoms with E-state index in [9.17, 15) is 34.2 Å². The van der Waals surface area contributed by atoms with Crippen LogP contribution >= 0.6 is 0 Å². The Balaban J connectivity index is 1.77. The van der Waals surface area contributed by atoms with Gasteiger partial charge in [0, 0.05) is 41.8 Å². The summed E-state index contributed by atoms with van der Waals surface area (Å²) in [5.41, 5.74) is 7.43. The number of carboxylic acid groups (broad SMARTS) is 2. The lowest BCUT2D eigenvalue weighted by Crippen LogP contribution is -2.60. The Labute approximate surface area is 227 Å². The van der Waals surface area contributed by atoms with Crippen LogP contribution in [-0.2, 0) is 36.8 Å². The number of aliphatic carboxylic acids is 2. The summed E-state index contributed by atoms with van der Waals surface area (Å²) in [6.45, 7) is 1.21. The number of nitrogens with one attached hydrogen (secondary N) is 5. The molecule has 0 aliphatic carbocycles. The highest BCUT2D eigenvalue weighted by Gasteiger charge is 2.33. The van der Waals surface area contributed by atoms with Gasteiger partial charge >= 0.3 is 11.9 Å². The van der Waals surface area contributed by atoms with Crippen molar-refractivity contribution in [2.24, 2.45) is 5.73 Å². The first kappa shape index (κ1) is 29.8. The van der Waals surface area contributed by atoms with E-state index in [2.05, 4.69) is 30.9 Å². The fraction of sp³-hybridized carbons (Fsp3) is 0.360. The molecular formula is C25H31N7O8. The van der Waals surface area contributed by atoms with Gasteiger partial charge in [0.15, 0.2) is 0 Å². The molecule has 5 atom stereocenters. The Bertz CT molecular complexity index is 1350. The predicted molar refractivity (Wildman–Crippen MR) is 140 cm³/mol. The van der Waals surface area contributed by atoms with E-state index in [1.54, 1.807) is 12.3 Å². The number of imidazole rings is 1. The largest absolute Gasteiger partial charge is 0.481 e. The number of rotatable bonds is 14. The summed E-state index contributed by atoms with van der Waals surface area (Å²) < 4.78 is 0. The summed E-state index contributed by atoms with van der Waals surface area (Å²) >= 11 is 0. The molecular weight excluding hydrogens is 526 g/mol. The standard InChI is InChI=1S/C25H31N7O8/c1-12(33)21(32-22(36)16(26)8-20(34)35)24(38)30-18(7-14-10-27-11-29-14)23(37)31-19(25(39)40)6-13-9-28-17-5-3-2-4-15(13)17/h2-5,9-12,16,18-19,21,28,33H,6-8,26H2,1H3,(H,27,29)(H,30,38)(H,31,37)(H,32,36)(H,34,35)(H,39,40). The number of carbonyl (C=O) groups is 5. The number of fused-ring (bicyclic) bond motifs is 1. The number of benzene rings is 1. The maximum Gasteiger partial charge on any atom is 0.326 e. The summed E-state index contributed by atoms with van der Waals surface area (Å²) in [7, 11) is 0. The van der Waals surface area contributed by atoms with E-state index in [1.165, 1.54) is 19.4 Å². The number of aliphatic hydroxyl groups is 1. The lowest BCUT2D eigenvalue weighted by molar-refractivity contribution is -0.142. The van der Waals surface area contributed by atoms with Gasteiger partial charge in [0.05, 0.1) is 24.9 Å². The normalized spacial score (nSPS) is 14.9. The number of nitrogens with zero attached hydrogens (tertiary/aromatic N) is 1. The van der Waals surface area contributed by atoms with Gasteiger partial charge in [-0.25, -0.2) is 9.78 Å². The average Bonchev–Trinajstić information content (AvgIpc) is 3.55. The number of amides is 3. The minimum absolute atomic E-state index is 0.0520. The van der Waals surface area contributed by atoms with Crippen molar-refractivity contribution in [2.45, 2.75) is 56.5 Å².